The molecule has 0 bridgehead atoms. The van der Waals surface area contributed by atoms with Crippen LogP contribution < -0.4 is 14.8 Å². The Morgan fingerprint density at radius 1 is 0.912 bits per heavy atom. The second-order valence-electron chi connectivity index (χ2n) is 8.63. The molecule has 0 aliphatic heterocycles. The van der Waals surface area contributed by atoms with Gasteiger partial charge < -0.3 is 14.8 Å². The van der Waals surface area contributed by atoms with E-state index in [9.17, 15) is 4.79 Å². The molecule has 1 saturated carbocycles. The molecule has 4 aromatic rings. The van der Waals surface area contributed by atoms with Crippen LogP contribution in [-0.4, -0.2) is 34.6 Å². The Balaban J connectivity index is 1.18. The smallest absolute Gasteiger partial charge is 0.262 e. The van der Waals surface area contributed by atoms with Crippen LogP contribution in [0, 0.1) is 0 Å². The zero-order valence-corrected chi connectivity index (χ0v) is 19.2. The first-order valence-electron chi connectivity index (χ1n) is 11.7. The molecule has 1 amide bonds. The average Bonchev–Trinajstić information content (AvgIpc) is 3.32. The number of aromatic nitrogens is 3. The SMILES string of the molecule is COc1ccc(-n2nc3ccc(NC(=O)COc4ccc(C5CCCCC5)cc4)cc3n2)cc1. The minimum absolute atomic E-state index is 0.0562. The van der Waals surface area contributed by atoms with Gasteiger partial charge in [-0.15, -0.1) is 10.2 Å². The monoisotopic (exact) mass is 456 g/mol. The van der Waals surface area contributed by atoms with Gasteiger partial charge in [0.05, 0.1) is 12.8 Å². The third kappa shape index (κ3) is 5.03. The zero-order chi connectivity index (χ0) is 23.3. The Bertz CT molecular complexity index is 1260. The molecule has 174 valence electrons. The molecule has 0 spiro atoms. The fourth-order valence-corrected chi connectivity index (χ4v) is 4.44. The molecular formula is C27H28N4O3. The molecule has 1 fully saturated rings. The van der Waals surface area contributed by atoms with Crippen LogP contribution in [0.4, 0.5) is 5.69 Å². The molecule has 3 aromatic carbocycles. The number of nitrogens with one attached hydrogen (secondary N) is 1. The maximum Gasteiger partial charge on any atom is 0.262 e. The van der Waals surface area contributed by atoms with E-state index in [-0.39, 0.29) is 12.5 Å². The predicted molar refractivity (Wildman–Crippen MR) is 132 cm³/mol. The normalized spacial score (nSPS) is 14.1. The van der Waals surface area contributed by atoms with Crippen LogP contribution in [0.1, 0.15) is 43.6 Å². The summed E-state index contributed by atoms with van der Waals surface area (Å²) in [6.45, 7) is -0.0562. The first-order valence-corrected chi connectivity index (χ1v) is 11.7. The van der Waals surface area contributed by atoms with Crippen LogP contribution >= 0.6 is 0 Å². The van der Waals surface area contributed by atoms with Crippen molar-refractivity contribution in [3.63, 3.8) is 0 Å². The third-order valence-electron chi connectivity index (χ3n) is 6.29. The molecule has 7 heteroatoms. The molecule has 7 nitrogen and oxygen atoms in total. The molecular weight excluding hydrogens is 428 g/mol. The van der Waals surface area contributed by atoms with E-state index in [0.717, 1.165) is 17.0 Å². The molecule has 1 heterocycles. The Labute approximate surface area is 198 Å². The van der Waals surface area contributed by atoms with E-state index in [1.165, 1.54) is 37.7 Å². The van der Waals surface area contributed by atoms with E-state index < -0.39 is 0 Å². The van der Waals surface area contributed by atoms with Crippen LogP contribution in [0.25, 0.3) is 16.7 Å². The summed E-state index contributed by atoms with van der Waals surface area (Å²) >= 11 is 0. The van der Waals surface area contributed by atoms with Gasteiger partial charge in [0, 0.05) is 5.69 Å². The first-order chi connectivity index (χ1) is 16.7. The summed E-state index contributed by atoms with van der Waals surface area (Å²) in [5, 5.41) is 11.9. The molecule has 1 aliphatic carbocycles. The summed E-state index contributed by atoms with van der Waals surface area (Å²) in [5.41, 5.74) is 4.27. The molecule has 1 aliphatic rings. The summed E-state index contributed by atoms with van der Waals surface area (Å²) in [5.74, 6) is 1.90. The lowest BCUT2D eigenvalue weighted by Gasteiger charge is -2.22. The van der Waals surface area contributed by atoms with E-state index in [1.807, 2.05) is 48.5 Å². The van der Waals surface area contributed by atoms with Gasteiger partial charge >= 0.3 is 0 Å². The number of methoxy groups -OCH3 is 1. The van der Waals surface area contributed by atoms with Gasteiger partial charge in [-0.1, -0.05) is 31.4 Å². The number of nitrogens with zero attached hydrogens (tertiary/aromatic N) is 3. The van der Waals surface area contributed by atoms with Gasteiger partial charge in [0.2, 0.25) is 0 Å². The van der Waals surface area contributed by atoms with Gasteiger partial charge in [0.1, 0.15) is 22.5 Å². The van der Waals surface area contributed by atoms with E-state index in [4.69, 9.17) is 9.47 Å². The number of hydrogen-bond acceptors (Lipinski definition) is 5. The number of anilines is 1. The molecule has 0 unspecified atom stereocenters. The van der Waals surface area contributed by atoms with Crippen molar-refractivity contribution in [2.24, 2.45) is 0 Å². The molecule has 0 atom stereocenters. The lowest BCUT2D eigenvalue weighted by molar-refractivity contribution is -0.118. The third-order valence-corrected chi connectivity index (χ3v) is 6.29. The number of benzene rings is 3. The van der Waals surface area contributed by atoms with Crippen molar-refractivity contribution in [3.05, 3.63) is 72.3 Å². The van der Waals surface area contributed by atoms with Crippen molar-refractivity contribution in [2.45, 2.75) is 38.0 Å². The highest BCUT2D eigenvalue weighted by Gasteiger charge is 2.15. The highest BCUT2D eigenvalue weighted by atomic mass is 16.5. The molecule has 1 N–H and O–H groups in total. The Hall–Kier alpha value is -3.87. The summed E-state index contributed by atoms with van der Waals surface area (Å²) in [6.07, 6.45) is 6.50. The average molecular weight is 457 g/mol. The lowest BCUT2D eigenvalue weighted by Crippen LogP contribution is -2.20. The fourth-order valence-electron chi connectivity index (χ4n) is 4.44. The number of hydrogen-bond donors (Lipinski definition) is 1. The van der Waals surface area contributed by atoms with Gasteiger partial charge in [0.25, 0.3) is 5.91 Å². The van der Waals surface area contributed by atoms with Gasteiger partial charge in [-0.25, -0.2) is 0 Å². The van der Waals surface area contributed by atoms with Gasteiger partial charge in [-0.3, -0.25) is 4.79 Å². The standard InChI is InChI=1S/C27H28N4O3/c1-33-23-14-10-22(11-15-23)31-29-25-16-9-21(17-26(25)30-31)28-27(32)18-34-24-12-7-20(8-13-24)19-5-3-2-4-6-19/h7-17,19H,2-6,18H2,1H3,(H,28,32). The number of carbonyl (C=O) groups excluding carboxylic acids is 1. The van der Waals surface area contributed by atoms with E-state index >= 15 is 0 Å². The van der Waals surface area contributed by atoms with Crippen LogP contribution in [0.5, 0.6) is 11.5 Å². The largest absolute Gasteiger partial charge is 0.497 e. The molecule has 0 radical (unpaired) electrons. The van der Waals surface area contributed by atoms with Crippen molar-refractivity contribution < 1.29 is 14.3 Å². The zero-order valence-electron chi connectivity index (χ0n) is 19.2. The van der Waals surface area contributed by atoms with E-state index in [1.54, 1.807) is 18.0 Å². The minimum Gasteiger partial charge on any atom is -0.497 e. The van der Waals surface area contributed by atoms with Crippen molar-refractivity contribution in [2.75, 3.05) is 19.0 Å². The minimum atomic E-state index is -0.224. The van der Waals surface area contributed by atoms with Crippen LogP contribution in [0.2, 0.25) is 0 Å². The van der Waals surface area contributed by atoms with Crippen LogP contribution in [0.15, 0.2) is 66.7 Å². The molecule has 5 rings (SSSR count). The highest BCUT2D eigenvalue weighted by Crippen LogP contribution is 2.33. The van der Waals surface area contributed by atoms with Crippen molar-refractivity contribution in [1.82, 2.24) is 15.0 Å². The molecule has 0 saturated heterocycles. The van der Waals surface area contributed by atoms with Crippen molar-refractivity contribution in [1.29, 1.82) is 0 Å². The first kappa shape index (κ1) is 21.9. The van der Waals surface area contributed by atoms with Crippen molar-refractivity contribution >= 4 is 22.6 Å². The molecule has 1 aromatic heterocycles. The Morgan fingerprint density at radius 3 is 2.35 bits per heavy atom. The Kier molecular flexibility index (Phi) is 6.42. The lowest BCUT2D eigenvalue weighted by atomic mass is 9.84. The number of amides is 1. The van der Waals surface area contributed by atoms with Gasteiger partial charge in [0.15, 0.2) is 6.61 Å². The highest BCUT2D eigenvalue weighted by molar-refractivity contribution is 5.93. The van der Waals surface area contributed by atoms with Crippen molar-refractivity contribution in [3.8, 4) is 17.2 Å². The van der Waals surface area contributed by atoms with Crippen LogP contribution in [-0.2, 0) is 4.79 Å². The maximum absolute atomic E-state index is 12.4. The predicted octanol–water partition coefficient (Wildman–Crippen LogP) is 5.49. The Morgan fingerprint density at radius 2 is 1.62 bits per heavy atom. The summed E-state index contributed by atoms with van der Waals surface area (Å²) < 4.78 is 10.9. The fraction of sp³-hybridized carbons (Fsp3) is 0.296. The number of carbonyl (C=O) groups is 1. The summed E-state index contributed by atoms with van der Waals surface area (Å²) in [4.78, 5) is 14.0. The summed E-state index contributed by atoms with van der Waals surface area (Å²) in [6, 6.07) is 21.1. The summed E-state index contributed by atoms with van der Waals surface area (Å²) in [7, 11) is 1.63. The van der Waals surface area contributed by atoms with E-state index in [0.29, 0.717) is 22.9 Å². The second kappa shape index (κ2) is 9.95. The second-order valence-corrected chi connectivity index (χ2v) is 8.63. The number of rotatable bonds is 7. The maximum atomic E-state index is 12.4. The topological polar surface area (TPSA) is 78.3 Å². The van der Waals surface area contributed by atoms with Gasteiger partial charge in [-0.05, 0) is 78.9 Å². The number of ether oxygens (including phenoxy) is 2. The van der Waals surface area contributed by atoms with Gasteiger partial charge in [-0.2, -0.15) is 4.80 Å². The molecule has 34 heavy (non-hydrogen) atoms. The quantitative estimate of drug-likeness (QED) is 0.398. The number of fused-ring (bicyclic) bond motifs is 1. The van der Waals surface area contributed by atoms with E-state index in [2.05, 4.69) is 27.6 Å². The van der Waals surface area contributed by atoms with Crippen LogP contribution in [0.3, 0.4) is 0 Å².